The Morgan fingerprint density at radius 3 is 2.59 bits per heavy atom. The molecule has 0 bridgehead atoms. The quantitative estimate of drug-likeness (QED) is 0.864. The second-order valence-corrected chi connectivity index (χ2v) is 5.76. The lowest BCUT2D eigenvalue weighted by atomic mass is 10.1. The average Bonchev–Trinajstić information content (AvgIpc) is 2.67. The average molecular weight is 310 g/mol. The van der Waals surface area contributed by atoms with E-state index >= 15 is 0 Å². The predicted molar refractivity (Wildman–Crippen MR) is 73.4 cm³/mol. The van der Waals surface area contributed by atoms with Crippen molar-refractivity contribution < 1.29 is 4.79 Å². The minimum atomic E-state index is 0.210. The van der Waals surface area contributed by atoms with E-state index in [1.165, 1.54) is 0 Å². The summed E-state index contributed by atoms with van der Waals surface area (Å²) < 4.78 is 1.03. The van der Waals surface area contributed by atoms with E-state index < -0.39 is 0 Å². The lowest BCUT2D eigenvalue weighted by molar-refractivity contribution is -0.117. The Labute approximate surface area is 113 Å². The van der Waals surface area contributed by atoms with E-state index in [1.54, 1.807) is 11.3 Å². The number of hydrogen-bond acceptors (Lipinski definition) is 3. The van der Waals surface area contributed by atoms with Gasteiger partial charge in [-0.05, 0) is 24.6 Å². The maximum Gasteiger partial charge on any atom is 0.144 e. The second-order valence-electron chi connectivity index (χ2n) is 3.90. The third-order valence-electron chi connectivity index (χ3n) is 2.33. The minimum absolute atomic E-state index is 0.210. The van der Waals surface area contributed by atoms with Crippen molar-refractivity contribution in [3.8, 4) is 0 Å². The zero-order valence-electron chi connectivity index (χ0n) is 9.44. The van der Waals surface area contributed by atoms with Crippen LogP contribution in [0.25, 0.3) is 0 Å². The van der Waals surface area contributed by atoms with Crippen LogP contribution >= 0.6 is 27.3 Å². The molecule has 0 aliphatic heterocycles. The Hall–Kier alpha value is -1.00. The molecule has 0 unspecified atom stereocenters. The summed E-state index contributed by atoms with van der Waals surface area (Å²) in [6.45, 7) is 1.94. The van der Waals surface area contributed by atoms with Crippen LogP contribution < -0.4 is 0 Å². The first kappa shape index (κ1) is 12.5. The van der Waals surface area contributed by atoms with Crippen molar-refractivity contribution in [2.75, 3.05) is 0 Å². The highest BCUT2D eigenvalue weighted by Gasteiger charge is 2.07. The van der Waals surface area contributed by atoms with Crippen LogP contribution in [0.2, 0.25) is 0 Å². The number of benzene rings is 1. The number of Topliss-reactive ketones (excluding diaryl/α,β-unsaturated/α-hetero) is 1. The number of thiazole rings is 1. The van der Waals surface area contributed by atoms with Gasteiger partial charge in [0.2, 0.25) is 0 Å². The molecule has 17 heavy (non-hydrogen) atoms. The highest BCUT2D eigenvalue weighted by atomic mass is 79.9. The summed E-state index contributed by atoms with van der Waals surface area (Å²) in [5.74, 6) is 0.210. The third-order valence-corrected chi connectivity index (χ3v) is 3.82. The number of halogens is 1. The molecule has 0 amide bonds. The van der Waals surface area contributed by atoms with Crippen molar-refractivity contribution in [1.82, 2.24) is 4.98 Å². The summed E-state index contributed by atoms with van der Waals surface area (Å²) in [6.07, 6.45) is 0.917. The molecule has 0 fully saturated rings. The summed E-state index contributed by atoms with van der Waals surface area (Å²) in [7, 11) is 0. The van der Waals surface area contributed by atoms with Crippen molar-refractivity contribution in [3.05, 3.63) is 50.4 Å². The van der Waals surface area contributed by atoms with Crippen LogP contribution in [0.1, 0.15) is 16.3 Å². The lowest BCUT2D eigenvalue weighted by Gasteiger charge is -2.00. The van der Waals surface area contributed by atoms with Gasteiger partial charge in [0.15, 0.2) is 0 Å². The molecule has 0 aliphatic carbocycles. The molecule has 0 N–H and O–H groups in total. The van der Waals surface area contributed by atoms with Crippen LogP contribution in [0.5, 0.6) is 0 Å². The summed E-state index contributed by atoms with van der Waals surface area (Å²) in [4.78, 5) is 16.1. The molecule has 0 radical (unpaired) electrons. The van der Waals surface area contributed by atoms with Crippen LogP contribution in [0.15, 0.2) is 34.1 Å². The summed E-state index contributed by atoms with van der Waals surface area (Å²) in [5.41, 5.74) is 2.04. The van der Waals surface area contributed by atoms with Crippen LogP contribution in [0.4, 0.5) is 0 Å². The Bertz CT molecular complexity index is 518. The van der Waals surface area contributed by atoms with E-state index in [-0.39, 0.29) is 5.78 Å². The van der Waals surface area contributed by atoms with Crippen molar-refractivity contribution in [3.63, 3.8) is 0 Å². The van der Waals surface area contributed by atoms with E-state index in [9.17, 15) is 4.79 Å². The van der Waals surface area contributed by atoms with Crippen LogP contribution in [-0.4, -0.2) is 10.8 Å². The Balaban J connectivity index is 1.95. The number of aromatic nitrogens is 1. The predicted octanol–water partition coefficient (Wildman–Crippen LogP) is 3.57. The molecule has 0 saturated carbocycles. The maximum atomic E-state index is 11.8. The Morgan fingerprint density at radius 2 is 2.00 bits per heavy atom. The molecule has 1 aromatic heterocycles. The molecule has 0 aliphatic rings. The summed E-state index contributed by atoms with van der Waals surface area (Å²) >= 11 is 4.93. The fraction of sp³-hybridized carbons (Fsp3) is 0.231. The lowest BCUT2D eigenvalue weighted by Crippen LogP contribution is -2.06. The molecular weight excluding hydrogens is 298 g/mol. The van der Waals surface area contributed by atoms with Gasteiger partial charge in [0.25, 0.3) is 0 Å². The standard InChI is InChI=1S/C13H12BrNOS/c1-9-8-17-13(15-9)7-12(16)6-10-2-4-11(14)5-3-10/h2-5,8H,6-7H2,1H3. The second kappa shape index (κ2) is 5.56. The monoisotopic (exact) mass is 309 g/mol. The van der Waals surface area contributed by atoms with Gasteiger partial charge in [-0.2, -0.15) is 0 Å². The van der Waals surface area contributed by atoms with Crippen LogP contribution in [-0.2, 0) is 17.6 Å². The van der Waals surface area contributed by atoms with Crippen molar-refractivity contribution >= 4 is 33.0 Å². The fourth-order valence-electron chi connectivity index (χ4n) is 1.54. The molecule has 0 atom stereocenters. The van der Waals surface area contributed by atoms with Gasteiger partial charge in [-0.3, -0.25) is 4.79 Å². The zero-order valence-corrected chi connectivity index (χ0v) is 11.8. The van der Waals surface area contributed by atoms with Crippen molar-refractivity contribution in [2.24, 2.45) is 0 Å². The number of carbonyl (C=O) groups is 1. The van der Waals surface area contributed by atoms with Gasteiger partial charge >= 0.3 is 0 Å². The van der Waals surface area contributed by atoms with Gasteiger partial charge in [-0.1, -0.05) is 28.1 Å². The molecule has 0 saturated heterocycles. The van der Waals surface area contributed by atoms with Gasteiger partial charge in [-0.25, -0.2) is 4.98 Å². The molecule has 4 heteroatoms. The van der Waals surface area contributed by atoms with Gasteiger partial charge in [-0.15, -0.1) is 11.3 Å². The van der Waals surface area contributed by atoms with E-state index in [1.807, 2.05) is 36.6 Å². The van der Waals surface area contributed by atoms with Crippen molar-refractivity contribution in [1.29, 1.82) is 0 Å². The van der Waals surface area contributed by atoms with Gasteiger partial charge < -0.3 is 0 Å². The van der Waals surface area contributed by atoms with E-state index in [0.717, 1.165) is 20.7 Å². The van der Waals surface area contributed by atoms with Crippen LogP contribution in [0.3, 0.4) is 0 Å². The number of carbonyl (C=O) groups excluding carboxylic acids is 1. The molecule has 2 rings (SSSR count). The molecule has 88 valence electrons. The number of ketones is 1. The Morgan fingerprint density at radius 1 is 1.29 bits per heavy atom. The molecule has 1 aromatic carbocycles. The largest absolute Gasteiger partial charge is 0.299 e. The summed E-state index contributed by atoms with van der Waals surface area (Å²) in [6, 6.07) is 7.84. The molecule has 1 heterocycles. The number of rotatable bonds is 4. The molecule has 0 spiro atoms. The molecular formula is C13H12BrNOS. The number of nitrogens with zero attached hydrogens (tertiary/aromatic N) is 1. The van der Waals surface area contributed by atoms with Gasteiger partial charge in [0.1, 0.15) is 10.8 Å². The first-order valence-corrected chi connectivity index (χ1v) is 6.98. The minimum Gasteiger partial charge on any atom is -0.299 e. The topological polar surface area (TPSA) is 30.0 Å². The highest BCUT2D eigenvalue weighted by molar-refractivity contribution is 9.10. The van der Waals surface area contributed by atoms with Gasteiger partial charge in [0, 0.05) is 22.0 Å². The van der Waals surface area contributed by atoms with Gasteiger partial charge in [0.05, 0.1) is 6.42 Å². The zero-order chi connectivity index (χ0) is 12.3. The molecule has 2 aromatic rings. The normalized spacial score (nSPS) is 10.5. The number of aryl methyl sites for hydroxylation is 1. The van der Waals surface area contributed by atoms with E-state index in [4.69, 9.17) is 0 Å². The highest BCUT2D eigenvalue weighted by Crippen LogP contribution is 2.13. The first-order chi connectivity index (χ1) is 8.13. The third kappa shape index (κ3) is 3.75. The summed E-state index contributed by atoms with van der Waals surface area (Å²) in [5, 5.41) is 2.88. The number of hydrogen-bond donors (Lipinski definition) is 0. The smallest absolute Gasteiger partial charge is 0.144 e. The van der Waals surface area contributed by atoms with Crippen molar-refractivity contribution in [2.45, 2.75) is 19.8 Å². The van der Waals surface area contributed by atoms with E-state index in [2.05, 4.69) is 20.9 Å². The Kier molecular flexibility index (Phi) is 4.07. The maximum absolute atomic E-state index is 11.8. The van der Waals surface area contributed by atoms with E-state index in [0.29, 0.717) is 12.8 Å². The van der Waals surface area contributed by atoms with Crippen LogP contribution in [0, 0.1) is 6.92 Å². The SMILES string of the molecule is Cc1csc(CC(=O)Cc2ccc(Br)cc2)n1. The first-order valence-electron chi connectivity index (χ1n) is 5.30. The molecule has 2 nitrogen and oxygen atoms in total. The fourth-order valence-corrected chi connectivity index (χ4v) is 2.61.